The number of amides is 1. The molecule has 40 heavy (non-hydrogen) atoms. The Labute approximate surface area is 232 Å². The van der Waals surface area contributed by atoms with Gasteiger partial charge in [0.15, 0.2) is 0 Å². The second-order valence-corrected chi connectivity index (χ2v) is 10.8. The number of non-ortho nitro benzene ring substituents is 1. The highest BCUT2D eigenvalue weighted by Crippen LogP contribution is 2.26. The lowest BCUT2D eigenvalue weighted by Gasteiger charge is -2.21. The highest BCUT2D eigenvalue weighted by atomic mass is 32.2. The third-order valence-corrected chi connectivity index (χ3v) is 7.99. The molecule has 0 aliphatic carbocycles. The molecule has 0 bridgehead atoms. The van der Waals surface area contributed by atoms with E-state index in [0.717, 1.165) is 22.0 Å². The Kier molecular flexibility index (Phi) is 8.92. The molecule has 1 amide bonds. The van der Waals surface area contributed by atoms with Crippen LogP contribution in [-0.4, -0.2) is 53.5 Å². The molecular weight excluding hydrogens is 534 g/mol. The van der Waals surface area contributed by atoms with E-state index in [1.54, 1.807) is 42.1 Å². The lowest BCUT2D eigenvalue weighted by atomic mass is 10.2. The molecule has 3 aromatic carbocycles. The van der Waals surface area contributed by atoms with Crippen LogP contribution in [0.2, 0.25) is 0 Å². The number of methoxy groups -OCH3 is 1. The first-order valence-electron chi connectivity index (χ1n) is 12.6. The Morgan fingerprint density at radius 2 is 1.73 bits per heavy atom. The predicted molar refractivity (Wildman–Crippen MR) is 151 cm³/mol. The Balaban J connectivity index is 1.63. The number of rotatable bonds is 12. The Morgan fingerprint density at radius 1 is 1.05 bits per heavy atom. The number of nitro groups is 1. The van der Waals surface area contributed by atoms with Crippen molar-refractivity contribution in [3.63, 3.8) is 0 Å². The van der Waals surface area contributed by atoms with Gasteiger partial charge in [0.25, 0.3) is 5.69 Å². The van der Waals surface area contributed by atoms with Crippen LogP contribution in [0.5, 0.6) is 5.75 Å². The van der Waals surface area contributed by atoms with Gasteiger partial charge in [0.05, 0.1) is 34.9 Å². The van der Waals surface area contributed by atoms with Crippen molar-refractivity contribution in [1.29, 1.82) is 0 Å². The molecular formula is C28H29N5O6S. The fourth-order valence-corrected chi connectivity index (χ4v) is 5.43. The summed E-state index contributed by atoms with van der Waals surface area (Å²) in [4.78, 5) is 23.5. The number of carbonyl (C=O) groups is 1. The maximum Gasteiger partial charge on any atom is 0.269 e. The maximum absolute atomic E-state index is 13.4. The van der Waals surface area contributed by atoms with Crippen molar-refractivity contribution in [1.82, 2.24) is 14.1 Å². The molecule has 1 N–H and O–H groups in total. The normalized spacial score (nSPS) is 11.4. The lowest BCUT2D eigenvalue weighted by molar-refractivity contribution is -0.384. The van der Waals surface area contributed by atoms with Gasteiger partial charge in [-0.15, -0.1) is 0 Å². The van der Waals surface area contributed by atoms with E-state index in [0.29, 0.717) is 35.8 Å². The number of hydrogen-bond donors (Lipinski definition) is 1. The quantitative estimate of drug-likeness (QED) is 0.191. The Bertz CT molecular complexity index is 1570. The van der Waals surface area contributed by atoms with Crippen molar-refractivity contribution in [2.24, 2.45) is 0 Å². The molecule has 0 saturated carbocycles. The summed E-state index contributed by atoms with van der Waals surface area (Å²) in [6.45, 7) is 1.57. The molecule has 208 valence electrons. The minimum Gasteiger partial charge on any atom is -0.497 e. The third-order valence-electron chi connectivity index (χ3n) is 6.13. The zero-order valence-corrected chi connectivity index (χ0v) is 22.9. The fourth-order valence-electron chi connectivity index (χ4n) is 3.99. The fraction of sp³-hybridized carbons (Fsp3) is 0.214. The number of anilines is 1. The first kappa shape index (κ1) is 28.5. The Hall–Kier alpha value is -4.55. The summed E-state index contributed by atoms with van der Waals surface area (Å²) in [5.41, 5.74) is 1.90. The van der Waals surface area contributed by atoms with Crippen LogP contribution in [-0.2, 0) is 14.8 Å². The molecule has 0 aliphatic heterocycles. The number of aromatic nitrogens is 2. The van der Waals surface area contributed by atoms with Crippen LogP contribution in [0.1, 0.15) is 19.8 Å². The van der Waals surface area contributed by atoms with Crippen molar-refractivity contribution in [2.45, 2.75) is 24.7 Å². The van der Waals surface area contributed by atoms with Crippen LogP contribution in [0, 0.1) is 10.1 Å². The summed E-state index contributed by atoms with van der Waals surface area (Å²) in [6.07, 6.45) is 1.24. The summed E-state index contributed by atoms with van der Waals surface area (Å²) in [6, 6.07) is 22.9. The molecule has 0 unspecified atom stereocenters. The van der Waals surface area contributed by atoms with Gasteiger partial charge in [-0.1, -0.05) is 43.7 Å². The minimum absolute atomic E-state index is 0.107. The number of sulfonamides is 1. The summed E-state index contributed by atoms with van der Waals surface area (Å²) in [5, 5.41) is 18.5. The molecule has 0 saturated heterocycles. The van der Waals surface area contributed by atoms with E-state index in [4.69, 9.17) is 4.74 Å². The van der Waals surface area contributed by atoms with E-state index in [9.17, 15) is 23.3 Å². The summed E-state index contributed by atoms with van der Waals surface area (Å²) in [7, 11) is -2.53. The zero-order valence-electron chi connectivity index (χ0n) is 22.1. The van der Waals surface area contributed by atoms with Crippen molar-refractivity contribution in [3.8, 4) is 22.7 Å². The first-order chi connectivity index (χ1) is 19.2. The highest BCUT2D eigenvalue weighted by Gasteiger charge is 2.27. The van der Waals surface area contributed by atoms with E-state index < -0.39 is 27.4 Å². The molecule has 4 rings (SSSR count). The highest BCUT2D eigenvalue weighted by molar-refractivity contribution is 7.89. The second kappa shape index (κ2) is 12.5. The second-order valence-electron chi connectivity index (χ2n) is 8.88. The topological polar surface area (TPSA) is 137 Å². The molecule has 1 aromatic heterocycles. The number of ether oxygens (including phenoxy) is 1. The van der Waals surface area contributed by atoms with Crippen LogP contribution in [0.4, 0.5) is 11.5 Å². The number of benzene rings is 3. The van der Waals surface area contributed by atoms with Crippen LogP contribution >= 0.6 is 0 Å². The first-order valence-corrected chi connectivity index (χ1v) is 14.0. The molecule has 0 spiro atoms. The van der Waals surface area contributed by atoms with Gasteiger partial charge in [0.2, 0.25) is 15.9 Å². The summed E-state index contributed by atoms with van der Waals surface area (Å²) >= 11 is 0. The van der Waals surface area contributed by atoms with Gasteiger partial charge < -0.3 is 10.1 Å². The third kappa shape index (κ3) is 6.53. The van der Waals surface area contributed by atoms with Crippen LogP contribution in [0.3, 0.4) is 0 Å². The van der Waals surface area contributed by atoms with Crippen LogP contribution < -0.4 is 10.1 Å². The number of unbranched alkanes of at least 4 members (excludes halogenated alkanes) is 1. The van der Waals surface area contributed by atoms with Gasteiger partial charge >= 0.3 is 0 Å². The van der Waals surface area contributed by atoms with Crippen LogP contribution in [0.15, 0.2) is 89.8 Å². The molecule has 0 fully saturated rings. The minimum atomic E-state index is -4.10. The predicted octanol–water partition coefficient (Wildman–Crippen LogP) is 4.89. The van der Waals surface area contributed by atoms with Gasteiger partial charge in [-0.3, -0.25) is 14.9 Å². The Morgan fingerprint density at radius 3 is 2.33 bits per heavy atom. The largest absolute Gasteiger partial charge is 0.497 e. The van der Waals surface area contributed by atoms with E-state index >= 15 is 0 Å². The van der Waals surface area contributed by atoms with Gasteiger partial charge in [0, 0.05) is 30.3 Å². The van der Waals surface area contributed by atoms with Gasteiger partial charge in [0.1, 0.15) is 11.6 Å². The average molecular weight is 564 g/mol. The molecule has 1 heterocycles. The van der Waals surface area contributed by atoms with E-state index in [1.807, 2.05) is 37.3 Å². The van der Waals surface area contributed by atoms with Crippen molar-refractivity contribution >= 4 is 27.4 Å². The summed E-state index contributed by atoms with van der Waals surface area (Å²) < 4.78 is 34.7. The number of nitrogens with zero attached hydrogens (tertiary/aromatic N) is 4. The number of carbonyl (C=O) groups excluding carboxylic acids is 1. The molecule has 11 nitrogen and oxygen atoms in total. The van der Waals surface area contributed by atoms with Crippen LogP contribution in [0.25, 0.3) is 16.9 Å². The molecule has 4 aromatic rings. The zero-order chi connectivity index (χ0) is 28.7. The summed E-state index contributed by atoms with van der Waals surface area (Å²) in [5.74, 6) is 0.459. The van der Waals surface area contributed by atoms with Gasteiger partial charge in [-0.2, -0.15) is 9.40 Å². The lowest BCUT2D eigenvalue weighted by Crippen LogP contribution is -2.38. The molecule has 0 radical (unpaired) electrons. The average Bonchev–Trinajstić information content (AvgIpc) is 3.39. The van der Waals surface area contributed by atoms with Gasteiger partial charge in [-0.05, 0) is 42.8 Å². The molecule has 12 heteroatoms. The standard InChI is InChI=1S/C28H29N5O6S/c1-3-4-18-31(40(37,38)25-16-12-23(13-17-25)33(35)36)20-28(34)29-27-19-26(21-8-6-5-7-9-21)30-32(27)22-10-14-24(39-2)15-11-22/h5-17,19H,3-4,18,20H2,1-2H3,(H,29,34). The van der Waals surface area contributed by atoms with Crippen molar-refractivity contribution in [3.05, 3.63) is 95.0 Å². The van der Waals surface area contributed by atoms with E-state index in [-0.39, 0.29) is 17.1 Å². The molecule has 0 aliphatic rings. The molecule has 0 atom stereocenters. The smallest absolute Gasteiger partial charge is 0.269 e. The number of nitro benzene ring substituents is 1. The monoisotopic (exact) mass is 563 g/mol. The van der Waals surface area contributed by atoms with Gasteiger partial charge in [-0.25, -0.2) is 13.1 Å². The maximum atomic E-state index is 13.4. The van der Waals surface area contributed by atoms with E-state index in [1.165, 1.54) is 12.1 Å². The number of nitrogens with one attached hydrogen (secondary N) is 1. The van der Waals surface area contributed by atoms with Crippen molar-refractivity contribution < 1.29 is 22.9 Å². The number of hydrogen-bond acceptors (Lipinski definition) is 7. The van der Waals surface area contributed by atoms with Crippen molar-refractivity contribution in [2.75, 3.05) is 25.5 Å². The van der Waals surface area contributed by atoms with E-state index in [2.05, 4.69) is 10.4 Å². The SMILES string of the molecule is CCCCN(CC(=O)Nc1cc(-c2ccccc2)nn1-c1ccc(OC)cc1)S(=O)(=O)c1ccc([N+](=O)[O-])cc1.